The minimum Gasteiger partial charge on any atom is -0.502 e. The Hall–Kier alpha value is -2.81. The molecule has 1 aliphatic rings. The first-order valence-corrected chi connectivity index (χ1v) is 11.0. The Morgan fingerprint density at radius 2 is 2.03 bits per heavy atom. The highest BCUT2D eigenvalue weighted by Gasteiger charge is 2.31. The number of hydrogen-bond donors (Lipinski definition) is 2. The summed E-state index contributed by atoms with van der Waals surface area (Å²) in [4.78, 5) is 24.7. The average Bonchev–Trinajstić information content (AvgIpc) is 3.01. The van der Waals surface area contributed by atoms with Crippen LogP contribution < -0.4 is 15.5 Å². The zero-order chi connectivity index (χ0) is 21.2. The van der Waals surface area contributed by atoms with E-state index in [0.29, 0.717) is 23.5 Å². The summed E-state index contributed by atoms with van der Waals surface area (Å²) in [6.07, 6.45) is 0.245. The second kappa shape index (κ2) is 8.28. The van der Waals surface area contributed by atoms with Crippen molar-refractivity contribution >= 4 is 15.7 Å². The summed E-state index contributed by atoms with van der Waals surface area (Å²) < 4.78 is 34.0. The third-order valence-electron chi connectivity index (χ3n) is 4.89. The van der Waals surface area contributed by atoms with Crippen LogP contribution in [0.15, 0.2) is 39.5 Å². The number of aryl methyl sites for hydroxylation is 1. The Bertz CT molecular complexity index is 1060. The molecule has 2 atom stereocenters. The number of hydrogen-bond acceptors (Lipinski definition) is 7. The second-order valence-electron chi connectivity index (χ2n) is 7.13. The molecule has 0 bridgehead atoms. The third kappa shape index (κ3) is 4.97. The molecule has 1 amide bonds. The Morgan fingerprint density at radius 3 is 2.62 bits per heavy atom. The number of methoxy groups -OCH3 is 1. The van der Waals surface area contributed by atoms with Gasteiger partial charge in [0.25, 0.3) is 0 Å². The number of benzene rings is 1. The van der Waals surface area contributed by atoms with E-state index in [2.05, 4.69) is 5.32 Å². The predicted octanol–water partition coefficient (Wildman–Crippen LogP) is 1.49. The van der Waals surface area contributed by atoms with Crippen LogP contribution in [0.1, 0.15) is 35.8 Å². The van der Waals surface area contributed by atoms with Crippen molar-refractivity contribution in [3.8, 4) is 11.5 Å². The topological polar surface area (TPSA) is 123 Å². The van der Waals surface area contributed by atoms with Crippen molar-refractivity contribution in [2.45, 2.75) is 31.7 Å². The lowest BCUT2D eigenvalue weighted by Gasteiger charge is -2.19. The molecule has 2 N–H and O–H groups in total. The van der Waals surface area contributed by atoms with Gasteiger partial charge in [0.05, 0.1) is 24.5 Å². The van der Waals surface area contributed by atoms with Gasteiger partial charge < -0.3 is 19.6 Å². The number of amides is 1. The summed E-state index contributed by atoms with van der Waals surface area (Å²) in [5, 5.41) is 13.0. The first kappa shape index (κ1) is 20.9. The summed E-state index contributed by atoms with van der Waals surface area (Å²) in [5.74, 6) is -0.791. The molecule has 0 aliphatic carbocycles. The summed E-state index contributed by atoms with van der Waals surface area (Å²) >= 11 is 0. The molecule has 1 aliphatic heterocycles. The lowest BCUT2D eigenvalue weighted by molar-refractivity contribution is -0.121. The first-order valence-electron chi connectivity index (χ1n) is 9.16. The van der Waals surface area contributed by atoms with Crippen molar-refractivity contribution in [3.05, 3.63) is 57.6 Å². The number of ether oxygens (including phenoxy) is 1. The number of sulfone groups is 1. The molecule has 0 spiro atoms. The van der Waals surface area contributed by atoms with Crippen LogP contribution in [0.2, 0.25) is 0 Å². The van der Waals surface area contributed by atoms with E-state index in [1.165, 1.54) is 13.2 Å². The van der Waals surface area contributed by atoms with Crippen molar-refractivity contribution in [2.24, 2.45) is 0 Å². The van der Waals surface area contributed by atoms with E-state index in [0.717, 1.165) is 0 Å². The van der Waals surface area contributed by atoms with Crippen LogP contribution in [0.5, 0.6) is 11.5 Å². The number of carbonyl (C=O) groups is 1. The van der Waals surface area contributed by atoms with Crippen LogP contribution in [-0.2, 0) is 14.6 Å². The van der Waals surface area contributed by atoms with Crippen LogP contribution in [-0.4, -0.2) is 44.1 Å². The van der Waals surface area contributed by atoms with Gasteiger partial charge in [-0.05, 0) is 31.0 Å². The Morgan fingerprint density at radius 1 is 1.34 bits per heavy atom. The molecule has 1 fully saturated rings. The molecule has 1 aromatic heterocycles. The SMILES string of the molecule is COc1ccc(C(CC(=O)NC2CCS(=O)(=O)C2)c2oc(C)cc(=O)c2O)cc1. The van der Waals surface area contributed by atoms with E-state index in [9.17, 15) is 23.1 Å². The van der Waals surface area contributed by atoms with E-state index >= 15 is 0 Å². The summed E-state index contributed by atoms with van der Waals surface area (Å²) in [6.45, 7) is 1.58. The molecule has 9 heteroatoms. The summed E-state index contributed by atoms with van der Waals surface area (Å²) in [7, 11) is -1.60. The third-order valence-corrected chi connectivity index (χ3v) is 6.66. The molecule has 3 rings (SSSR count). The maximum Gasteiger partial charge on any atom is 0.227 e. The van der Waals surface area contributed by atoms with Crippen LogP contribution >= 0.6 is 0 Å². The molecular weight excluding hydrogens is 398 g/mol. The smallest absolute Gasteiger partial charge is 0.227 e. The van der Waals surface area contributed by atoms with E-state index in [1.807, 2.05) is 0 Å². The normalized spacial score (nSPS) is 18.9. The van der Waals surface area contributed by atoms with E-state index in [1.54, 1.807) is 31.2 Å². The number of aromatic hydroxyl groups is 1. The van der Waals surface area contributed by atoms with Gasteiger partial charge in [0.2, 0.25) is 17.1 Å². The van der Waals surface area contributed by atoms with E-state index < -0.39 is 38.9 Å². The van der Waals surface area contributed by atoms with Crippen LogP contribution in [0, 0.1) is 6.92 Å². The molecule has 1 saturated heterocycles. The highest BCUT2D eigenvalue weighted by Crippen LogP contribution is 2.34. The fourth-order valence-corrected chi connectivity index (χ4v) is 5.11. The van der Waals surface area contributed by atoms with Crippen molar-refractivity contribution in [1.82, 2.24) is 5.32 Å². The highest BCUT2D eigenvalue weighted by atomic mass is 32.2. The van der Waals surface area contributed by atoms with Gasteiger partial charge in [-0.15, -0.1) is 0 Å². The van der Waals surface area contributed by atoms with E-state index in [4.69, 9.17) is 9.15 Å². The van der Waals surface area contributed by atoms with Gasteiger partial charge in [0.15, 0.2) is 15.6 Å². The fraction of sp³-hybridized carbons (Fsp3) is 0.400. The van der Waals surface area contributed by atoms with Gasteiger partial charge in [0, 0.05) is 18.5 Å². The standard InChI is InChI=1S/C20H23NO7S/c1-12-9-17(22)19(24)20(28-12)16(13-3-5-15(27-2)6-4-13)10-18(23)21-14-7-8-29(25,26)11-14/h3-6,9,14,16,24H,7-8,10-11H2,1-2H3,(H,21,23). The largest absolute Gasteiger partial charge is 0.502 e. The quantitative estimate of drug-likeness (QED) is 0.724. The lowest BCUT2D eigenvalue weighted by Crippen LogP contribution is -2.36. The first-order chi connectivity index (χ1) is 13.7. The fourth-order valence-electron chi connectivity index (χ4n) is 3.44. The van der Waals surface area contributed by atoms with Crippen molar-refractivity contribution in [3.63, 3.8) is 0 Å². The predicted molar refractivity (Wildman–Crippen MR) is 106 cm³/mol. The number of nitrogens with one attached hydrogen (secondary N) is 1. The highest BCUT2D eigenvalue weighted by molar-refractivity contribution is 7.91. The molecule has 0 radical (unpaired) electrons. The molecule has 8 nitrogen and oxygen atoms in total. The summed E-state index contributed by atoms with van der Waals surface area (Å²) in [5.41, 5.74) is 0.0496. The Labute approximate surface area is 168 Å². The van der Waals surface area contributed by atoms with Crippen molar-refractivity contribution < 1.29 is 27.5 Å². The zero-order valence-electron chi connectivity index (χ0n) is 16.2. The van der Waals surface area contributed by atoms with Crippen LogP contribution in [0.3, 0.4) is 0 Å². The lowest BCUT2D eigenvalue weighted by atomic mass is 9.91. The van der Waals surface area contributed by atoms with Gasteiger partial charge in [-0.2, -0.15) is 0 Å². The molecule has 2 aromatic rings. The Balaban J connectivity index is 1.90. The minimum atomic E-state index is -3.13. The monoisotopic (exact) mass is 421 g/mol. The maximum atomic E-state index is 12.6. The van der Waals surface area contributed by atoms with Crippen LogP contribution in [0.4, 0.5) is 0 Å². The molecule has 2 heterocycles. The summed E-state index contributed by atoms with van der Waals surface area (Å²) in [6, 6.07) is 7.58. The Kier molecular flexibility index (Phi) is 5.97. The van der Waals surface area contributed by atoms with Crippen molar-refractivity contribution in [2.75, 3.05) is 18.6 Å². The van der Waals surface area contributed by atoms with Crippen molar-refractivity contribution in [1.29, 1.82) is 0 Å². The number of carbonyl (C=O) groups excluding carboxylic acids is 1. The van der Waals surface area contributed by atoms with Gasteiger partial charge in [0.1, 0.15) is 11.5 Å². The second-order valence-corrected chi connectivity index (χ2v) is 9.36. The molecule has 1 aromatic carbocycles. The molecular formula is C20H23NO7S. The van der Waals surface area contributed by atoms with Gasteiger partial charge in [-0.25, -0.2) is 8.42 Å². The molecule has 2 unspecified atom stereocenters. The van der Waals surface area contributed by atoms with Crippen LogP contribution in [0.25, 0.3) is 0 Å². The van der Waals surface area contributed by atoms with Gasteiger partial charge >= 0.3 is 0 Å². The molecule has 156 valence electrons. The average molecular weight is 421 g/mol. The molecule has 29 heavy (non-hydrogen) atoms. The van der Waals surface area contributed by atoms with Gasteiger partial charge in [-0.1, -0.05) is 12.1 Å². The zero-order valence-corrected chi connectivity index (χ0v) is 17.0. The van der Waals surface area contributed by atoms with Gasteiger partial charge in [-0.3, -0.25) is 9.59 Å². The molecule has 0 saturated carbocycles. The van der Waals surface area contributed by atoms with E-state index in [-0.39, 0.29) is 23.7 Å². The number of rotatable bonds is 6. The maximum absolute atomic E-state index is 12.6. The minimum absolute atomic E-state index is 0.00522.